The summed E-state index contributed by atoms with van der Waals surface area (Å²) < 4.78 is 4.39. The van der Waals surface area contributed by atoms with Crippen molar-refractivity contribution in [2.24, 2.45) is 11.8 Å². The molecule has 2 aromatic rings. The van der Waals surface area contributed by atoms with E-state index in [1.165, 1.54) is 30.4 Å². The molecule has 3 heteroatoms. The molecule has 0 fully saturated rings. The number of rotatable bonds is 6. The van der Waals surface area contributed by atoms with Crippen LogP contribution in [0.1, 0.15) is 61.7 Å². The molecule has 0 aliphatic heterocycles. The molecule has 2 aliphatic carbocycles. The van der Waals surface area contributed by atoms with E-state index in [1.807, 2.05) is 3.21 Å². The number of hydrogen-bond donors (Lipinski definition) is 0. The van der Waals surface area contributed by atoms with Crippen LogP contribution in [-0.4, -0.2) is 3.21 Å². The minimum atomic E-state index is -2.09. The summed E-state index contributed by atoms with van der Waals surface area (Å²) in [6.07, 6.45) is 11.0. The molecule has 30 heavy (non-hydrogen) atoms. The number of halogens is 2. The maximum absolute atomic E-state index is 2.49. The second-order valence-corrected chi connectivity index (χ2v) is 15.9. The van der Waals surface area contributed by atoms with E-state index in [4.69, 9.17) is 0 Å². The van der Waals surface area contributed by atoms with Crippen molar-refractivity contribution in [3.05, 3.63) is 81.2 Å². The molecule has 0 amide bonds. The SMILES string of the molecule is CC(C)C[C](CC(C)C)=[Zr+2]([C]1=CC=CC1)[CH]1c2ccccc2-c2ccccc21.[Cl-].[Cl-]. The van der Waals surface area contributed by atoms with E-state index in [-0.39, 0.29) is 24.8 Å². The van der Waals surface area contributed by atoms with E-state index < -0.39 is 21.3 Å². The molecule has 0 saturated heterocycles. The van der Waals surface area contributed by atoms with Crippen LogP contribution in [-0.2, 0) is 21.3 Å². The molecule has 2 aromatic carbocycles. The van der Waals surface area contributed by atoms with E-state index in [0.717, 1.165) is 11.8 Å². The van der Waals surface area contributed by atoms with Gasteiger partial charge in [-0.05, 0) is 0 Å². The largest absolute Gasteiger partial charge is 1.00 e. The van der Waals surface area contributed by atoms with Crippen molar-refractivity contribution < 1.29 is 46.1 Å². The third-order valence-corrected chi connectivity index (χ3v) is 14.4. The molecule has 0 radical (unpaired) electrons. The minimum absolute atomic E-state index is 0. The zero-order valence-corrected chi connectivity index (χ0v) is 22.4. The molecular weight excluding hydrogens is 486 g/mol. The maximum Gasteiger partial charge on any atom is -1.00 e. The summed E-state index contributed by atoms with van der Waals surface area (Å²) in [5.74, 6) is 1.48. The van der Waals surface area contributed by atoms with Gasteiger partial charge in [-0.3, -0.25) is 0 Å². The quantitative estimate of drug-likeness (QED) is 0.544. The van der Waals surface area contributed by atoms with Gasteiger partial charge in [-0.1, -0.05) is 0 Å². The van der Waals surface area contributed by atoms with Crippen LogP contribution in [0.25, 0.3) is 11.1 Å². The number of benzene rings is 2. The Kier molecular flexibility index (Phi) is 9.54. The van der Waals surface area contributed by atoms with Gasteiger partial charge in [-0.25, -0.2) is 0 Å². The zero-order chi connectivity index (χ0) is 19.7. The molecule has 0 bridgehead atoms. The summed E-state index contributed by atoms with van der Waals surface area (Å²) in [4.78, 5) is 0. The third kappa shape index (κ3) is 5.17. The van der Waals surface area contributed by atoms with Crippen molar-refractivity contribution >= 4 is 3.21 Å². The molecular formula is C27H32Cl2Zr. The molecule has 4 rings (SSSR count). The molecule has 2 aliphatic rings. The van der Waals surface area contributed by atoms with E-state index in [9.17, 15) is 0 Å². The van der Waals surface area contributed by atoms with E-state index in [2.05, 4.69) is 94.5 Å². The smallest absolute Gasteiger partial charge is 1.00 e. The Morgan fingerprint density at radius 3 is 1.77 bits per heavy atom. The van der Waals surface area contributed by atoms with Gasteiger partial charge in [0, 0.05) is 0 Å². The Balaban J connectivity index is 0.00000160. The Hall–Kier alpha value is -0.747. The Morgan fingerprint density at radius 2 is 1.33 bits per heavy atom. The molecule has 0 saturated carbocycles. The standard InChI is InChI=1S/C13H9.C9H18.C5H5.2ClH.Zr/c1-3-7-12-10(5-1)9-11-6-2-4-8-13(11)12;1-8(2)6-5-7-9(3)4;1-2-4-5-3-1;;;/h1-9H;8-9H,6-7H2,1-4H3;1-3H,4H2;2*1H;/q;;;;;+2/p-2. The van der Waals surface area contributed by atoms with Crippen molar-refractivity contribution in [3.63, 3.8) is 0 Å². The average Bonchev–Trinajstić information content (AvgIpc) is 3.29. The first-order valence-corrected chi connectivity index (χ1v) is 14.7. The van der Waals surface area contributed by atoms with Gasteiger partial charge in [0.15, 0.2) is 0 Å². The van der Waals surface area contributed by atoms with E-state index in [0.29, 0.717) is 3.63 Å². The van der Waals surface area contributed by atoms with Crippen LogP contribution in [0.15, 0.2) is 70.0 Å². The number of allylic oxidation sites excluding steroid dienone is 4. The predicted octanol–water partition coefficient (Wildman–Crippen LogP) is 1.49. The Morgan fingerprint density at radius 1 is 0.833 bits per heavy atom. The summed E-state index contributed by atoms with van der Waals surface area (Å²) in [5.41, 5.74) is 6.19. The fourth-order valence-corrected chi connectivity index (χ4v) is 15.4. The monoisotopic (exact) mass is 516 g/mol. The summed E-state index contributed by atoms with van der Waals surface area (Å²) >= 11 is -2.09. The second kappa shape index (κ2) is 11.2. The molecule has 0 atom stereocenters. The third-order valence-electron chi connectivity index (χ3n) is 5.93. The van der Waals surface area contributed by atoms with Gasteiger partial charge in [-0.15, -0.1) is 0 Å². The van der Waals surface area contributed by atoms with Crippen LogP contribution < -0.4 is 24.8 Å². The Labute approximate surface area is 202 Å². The van der Waals surface area contributed by atoms with Gasteiger partial charge in [0.05, 0.1) is 0 Å². The fourth-order valence-electron chi connectivity index (χ4n) is 5.02. The summed E-state index contributed by atoms with van der Waals surface area (Å²) in [5, 5.41) is 0. The van der Waals surface area contributed by atoms with Crippen molar-refractivity contribution in [1.82, 2.24) is 0 Å². The van der Waals surface area contributed by atoms with Crippen LogP contribution in [0.5, 0.6) is 0 Å². The minimum Gasteiger partial charge on any atom is -1.00 e. The van der Waals surface area contributed by atoms with E-state index >= 15 is 0 Å². The molecule has 158 valence electrons. The molecule has 0 N–H and O–H groups in total. The Bertz CT molecular complexity index is 909. The van der Waals surface area contributed by atoms with Crippen LogP contribution in [0, 0.1) is 11.8 Å². The van der Waals surface area contributed by atoms with Crippen molar-refractivity contribution in [3.8, 4) is 11.1 Å². The maximum atomic E-state index is 2.49. The second-order valence-electron chi connectivity index (χ2n) is 9.14. The molecule has 0 aromatic heterocycles. The van der Waals surface area contributed by atoms with Gasteiger partial charge >= 0.3 is 179 Å². The molecule has 0 unspecified atom stereocenters. The van der Waals surface area contributed by atoms with Crippen LogP contribution in [0.3, 0.4) is 0 Å². The normalized spacial score (nSPS) is 13.8. The van der Waals surface area contributed by atoms with E-state index in [1.54, 1.807) is 14.4 Å². The van der Waals surface area contributed by atoms with Crippen molar-refractivity contribution in [1.29, 1.82) is 0 Å². The summed E-state index contributed by atoms with van der Waals surface area (Å²) in [7, 11) is 0. The van der Waals surface area contributed by atoms with Crippen LogP contribution in [0.4, 0.5) is 0 Å². The van der Waals surface area contributed by atoms with Gasteiger partial charge in [0.2, 0.25) is 0 Å². The first-order chi connectivity index (χ1) is 13.6. The topological polar surface area (TPSA) is 0 Å². The van der Waals surface area contributed by atoms with Crippen LogP contribution in [0.2, 0.25) is 0 Å². The van der Waals surface area contributed by atoms with Crippen molar-refractivity contribution in [2.45, 2.75) is 50.6 Å². The summed E-state index contributed by atoms with van der Waals surface area (Å²) in [6.45, 7) is 9.61. The molecule has 0 nitrogen and oxygen atoms in total. The molecule has 0 heterocycles. The van der Waals surface area contributed by atoms with Gasteiger partial charge in [0.1, 0.15) is 0 Å². The average molecular weight is 519 g/mol. The fraction of sp³-hybridized carbons (Fsp3) is 0.370. The van der Waals surface area contributed by atoms with Crippen molar-refractivity contribution in [2.75, 3.05) is 0 Å². The predicted molar refractivity (Wildman–Crippen MR) is 119 cm³/mol. The van der Waals surface area contributed by atoms with Gasteiger partial charge in [-0.2, -0.15) is 0 Å². The van der Waals surface area contributed by atoms with Gasteiger partial charge in [0.25, 0.3) is 0 Å². The summed E-state index contributed by atoms with van der Waals surface area (Å²) in [6, 6.07) is 18.5. The first-order valence-electron chi connectivity index (χ1n) is 10.8. The van der Waals surface area contributed by atoms with Crippen LogP contribution >= 0.6 is 0 Å². The zero-order valence-electron chi connectivity index (χ0n) is 18.5. The number of fused-ring (bicyclic) bond motifs is 3. The van der Waals surface area contributed by atoms with Gasteiger partial charge < -0.3 is 24.8 Å². The number of hydrogen-bond acceptors (Lipinski definition) is 0. The first kappa shape index (κ1) is 25.5. The molecule has 0 spiro atoms.